The normalized spacial score (nSPS) is 12.2. The zero-order valence-electron chi connectivity index (χ0n) is 9.30. The summed E-state index contributed by atoms with van der Waals surface area (Å²) in [4.78, 5) is 20.0. The van der Waals surface area contributed by atoms with Crippen LogP contribution in [-0.2, 0) is 16.2 Å². The van der Waals surface area contributed by atoms with Gasteiger partial charge in [-0.2, -0.15) is 13.2 Å². The van der Waals surface area contributed by atoms with E-state index in [1.165, 1.54) is 0 Å². The topological polar surface area (TPSA) is 135 Å². The van der Waals surface area contributed by atoms with Crippen LogP contribution in [0.4, 0.5) is 13.2 Å². The molecule has 20 heavy (non-hydrogen) atoms. The maximum absolute atomic E-state index is 12.7. The molecule has 1 aromatic rings. The molecule has 4 N–H and O–H groups in total. The lowest BCUT2D eigenvalue weighted by atomic mass is 10.0. The van der Waals surface area contributed by atoms with E-state index in [0.29, 0.717) is 0 Å². The molecule has 0 aliphatic heterocycles. The number of nitrogens with two attached hydrogens (primary N) is 1. The molecule has 0 bridgehead atoms. The number of hydrogen-bond acceptors (Lipinski definition) is 4. The Hall–Kier alpha value is -2.14. The van der Waals surface area contributed by atoms with Gasteiger partial charge in [-0.05, 0) is 12.1 Å². The Labute approximate surface area is 109 Å². The van der Waals surface area contributed by atoms with E-state index in [1.807, 2.05) is 0 Å². The predicted octanol–water partition coefficient (Wildman–Crippen LogP) is 0.749. The van der Waals surface area contributed by atoms with Crippen LogP contribution in [0.5, 0.6) is 0 Å². The van der Waals surface area contributed by atoms with Gasteiger partial charge in [-0.15, -0.1) is 0 Å². The summed E-state index contributed by atoms with van der Waals surface area (Å²) in [7, 11) is -4.89. The number of aromatic carboxylic acids is 2. The molecule has 1 aromatic carbocycles. The lowest BCUT2D eigenvalue weighted by Crippen LogP contribution is -2.22. The number of carboxylic acid groups (broad SMARTS) is 2. The Morgan fingerprint density at radius 1 is 1.05 bits per heavy atom. The van der Waals surface area contributed by atoms with E-state index >= 15 is 0 Å². The van der Waals surface area contributed by atoms with Crippen LogP contribution in [0.25, 0.3) is 0 Å². The molecule has 1 rings (SSSR count). The molecule has 0 aromatic heterocycles. The Balaban J connectivity index is 3.90. The molecule has 11 heteroatoms. The predicted molar refractivity (Wildman–Crippen MR) is 56.7 cm³/mol. The minimum Gasteiger partial charge on any atom is -0.478 e. The summed E-state index contributed by atoms with van der Waals surface area (Å²) >= 11 is 0. The zero-order chi connectivity index (χ0) is 15.9. The van der Waals surface area contributed by atoms with Crippen molar-refractivity contribution in [2.75, 3.05) is 0 Å². The van der Waals surface area contributed by atoms with Crippen LogP contribution in [0.1, 0.15) is 26.3 Å². The number of rotatable bonds is 3. The Morgan fingerprint density at radius 2 is 1.45 bits per heavy atom. The van der Waals surface area contributed by atoms with Crippen molar-refractivity contribution in [3.05, 3.63) is 28.8 Å². The monoisotopic (exact) mass is 313 g/mol. The van der Waals surface area contributed by atoms with Crippen LogP contribution in [-0.4, -0.2) is 30.6 Å². The summed E-state index contributed by atoms with van der Waals surface area (Å²) in [5, 5.41) is 22.0. The third kappa shape index (κ3) is 3.05. The van der Waals surface area contributed by atoms with E-state index in [2.05, 4.69) is 5.14 Å². The van der Waals surface area contributed by atoms with Gasteiger partial charge in [0.25, 0.3) is 0 Å². The van der Waals surface area contributed by atoms with E-state index in [9.17, 15) is 31.2 Å². The molecule has 0 spiro atoms. The van der Waals surface area contributed by atoms with Gasteiger partial charge in [-0.25, -0.2) is 23.1 Å². The van der Waals surface area contributed by atoms with Crippen molar-refractivity contribution in [1.82, 2.24) is 0 Å². The number of alkyl halides is 3. The number of carbonyl (C=O) groups is 2. The highest BCUT2D eigenvalue weighted by atomic mass is 32.2. The smallest absolute Gasteiger partial charge is 0.417 e. The van der Waals surface area contributed by atoms with Crippen molar-refractivity contribution in [2.24, 2.45) is 5.14 Å². The van der Waals surface area contributed by atoms with Crippen LogP contribution in [0, 0.1) is 0 Å². The largest absolute Gasteiger partial charge is 0.478 e. The average Bonchev–Trinajstić information content (AvgIpc) is 2.24. The van der Waals surface area contributed by atoms with Crippen molar-refractivity contribution in [1.29, 1.82) is 0 Å². The molecule has 0 radical (unpaired) electrons. The van der Waals surface area contributed by atoms with E-state index in [-0.39, 0.29) is 12.1 Å². The van der Waals surface area contributed by atoms with Gasteiger partial charge >= 0.3 is 18.1 Å². The molecule has 0 aliphatic carbocycles. The van der Waals surface area contributed by atoms with E-state index < -0.39 is 49.7 Å². The third-order valence-electron chi connectivity index (χ3n) is 2.19. The molecule has 0 amide bonds. The van der Waals surface area contributed by atoms with E-state index in [1.54, 1.807) is 0 Å². The summed E-state index contributed by atoms with van der Waals surface area (Å²) < 4.78 is 60.3. The van der Waals surface area contributed by atoms with E-state index in [0.717, 1.165) is 0 Å². The number of benzene rings is 1. The molecule has 0 aliphatic rings. The van der Waals surface area contributed by atoms with Gasteiger partial charge in [-0.3, -0.25) is 0 Å². The van der Waals surface area contributed by atoms with Crippen LogP contribution < -0.4 is 5.14 Å². The summed E-state index contributed by atoms with van der Waals surface area (Å²) in [5.41, 5.74) is -4.16. The number of halogens is 3. The maximum Gasteiger partial charge on any atom is 0.417 e. The van der Waals surface area contributed by atoms with Crippen molar-refractivity contribution in [2.45, 2.75) is 11.1 Å². The fourth-order valence-electron chi connectivity index (χ4n) is 1.39. The van der Waals surface area contributed by atoms with Crippen molar-refractivity contribution in [3.63, 3.8) is 0 Å². The molecule has 0 heterocycles. The van der Waals surface area contributed by atoms with Crippen LogP contribution in [0.3, 0.4) is 0 Å². The molecule has 0 saturated carbocycles. The number of sulfonamides is 1. The van der Waals surface area contributed by atoms with Gasteiger partial charge in [0.05, 0.1) is 21.6 Å². The highest BCUT2D eigenvalue weighted by Gasteiger charge is 2.38. The maximum atomic E-state index is 12.7. The van der Waals surface area contributed by atoms with Crippen LogP contribution in [0.2, 0.25) is 0 Å². The molecule has 0 atom stereocenters. The third-order valence-corrected chi connectivity index (χ3v) is 3.14. The SMILES string of the molecule is NS(=O)(=O)c1cc(C(=O)O)c(C(=O)O)cc1C(F)(F)F. The van der Waals surface area contributed by atoms with Crippen LogP contribution >= 0.6 is 0 Å². The second-order valence-corrected chi connectivity index (χ2v) is 5.08. The zero-order valence-corrected chi connectivity index (χ0v) is 10.1. The molecular formula is C9H6F3NO6S. The van der Waals surface area contributed by atoms with Gasteiger partial charge in [0.1, 0.15) is 0 Å². The second kappa shape index (κ2) is 4.76. The Morgan fingerprint density at radius 3 is 1.75 bits per heavy atom. The summed E-state index contributed by atoms with van der Waals surface area (Å²) in [6.45, 7) is 0. The van der Waals surface area contributed by atoms with Gasteiger partial charge in [0, 0.05) is 0 Å². The number of primary sulfonamides is 1. The van der Waals surface area contributed by atoms with E-state index in [4.69, 9.17) is 10.2 Å². The van der Waals surface area contributed by atoms with Crippen molar-refractivity contribution < 1.29 is 41.4 Å². The Bertz CT molecular complexity index is 694. The number of carboxylic acids is 2. The van der Waals surface area contributed by atoms with Gasteiger partial charge in [0.2, 0.25) is 10.0 Å². The number of hydrogen-bond donors (Lipinski definition) is 3. The van der Waals surface area contributed by atoms with Gasteiger partial charge < -0.3 is 10.2 Å². The molecule has 0 fully saturated rings. The first kappa shape index (κ1) is 15.9. The highest BCUT2D eigenvalue weighted by molar-refractivity contribution is 7.89. The highest BCUT2D eigenvalue weighted by Crippen LogP contribution is 2.35. The Kier molecular flexibility index (Phi) is 3.79. The molecule has 7 nitrogen and oxygen atoms in total. The van der Waals surface area contributed by atoms with Gasteiger partial charge in [0.15, 0.2) is 0 Å². The minimum absolute atomic E-state index is 0.0734. The second-order valence-electron chi connectivity index (χ2n) is 3.55. The summed E-state index contributed by atoms with van der Waals surface area (Å²) in [6, 6.07) is -0.00449. The fraction of sp³-hybridized carbons (Fsp3) is 0.111. The fourth-order valence-corrected chi connectivity index (χ4v) is 2.15. The lowest BCUT2D eigenvalue weighted by Gasteiger charge is -2.13. The lowest BCUT2D eigenvalue weighted by molar-refractivity contribution is -0.139. The van der Waals surface area contributed by atoms with Crippen molar-refractivity contribution in [3.8, 4) is 0 Å². The average molecular weight is 313 g/mol. The first-order valence-electron chi connectivity index (χ1n) is 4.60. The molecule has 0 unspecified atom stereocenters. The van der Waals surface area contributed by atoms with Crippen LogP contribution in [0.15, 0.2) is 17.0 Å². The first-order valence-corrected chi connectivity index (χ1v) is 6.15. The quantitative estimate of drug-likeness (QED) is 0.753. The standard InChI is InChI=1S/C9H6F3NO6S/c10-9(11,12)5-1-3(7(14)15)4(8(16)17)2-6(5)20(13,18)19/h1-2H,(H,14,15)(H,16,17)(H2,13,18,19). The molecule has 110 valence electrons. The molecule has 0 saturated heterocycles. The van der Waals surface area contributed by atoms with Gasteiger partial charge in [-0.1, -0.05) is 0 Å². The summed E-state index contributed by atoms with van der Waals surface area (Å²) in [6.07, 6.45) is -5.22. The first-order chi connectivity index (χ1) is 8.85. The summed E-state index contributed by atoms with van der Waals surface area (Å²) in [5.74, 6) is -3.85. The molecular weight excluding hydrogens is 307 g/mol. The van der Waals surface area contributed by atoms with Crippen molar-refractivity contribution >= 4 is 22.0 Å². The minimum atomic E-state index is -5.22.